The molecule has 0 fully saturated rings. The molecular formula is C19H16ClN3O3S. The van der Waals surface area contributed by atoms with Gasteiger partial charge in [-0.2, -0.15) is 0 Å². The van der Waals surface area contributed by atoms with E-state index in [0.717, 1.165) is 17.4 Å². The van der Waals surface area contributed by atoms with Gasteiger partial charge in [-0.3, -0.25) is 4.79 Å². The number of amides is 1. The first kappa shape index (κ1) is 18.9. The molecular weight excluding hydrogens is 386 g/mol. The maximum Gasteiger partial charge on any atom is 0.257 e. The van der Waals surface area contributed by atoms with Crippen LogP contribution in [0.25, 0.3) is 0 Å². The van der Waals surface area contributed by atoms with Crippen LogP contribution >= 0.6 is 11.6 Å². The fourth-order valence-corrected chi connectivity index (χ4v) is 3.12. The molecule has 6 nitrogen and oxygen atoms in total. The Morgan fingerprint density at radius 3 is 2.07 bits per heavy atom. The van der Waals surface area contributed by atoms with Crippen molar-refractivity contribution in [1.29, 1.82) is 0 Å². The van der Waals surface area contributed by atoms with Crippen LogP contribution in [0, 0.1) is 0 Å². The fraction of sp³-hybridized carbons (Fsp3) is 0. The summed E-state index contributed by atoms with van der Waals surface area (Å²) in [4.78, 5) is 12.3. The van der Waals surface area contributed by atoms with Crippen LogP contribution in [-0.4, -0.2) is 14.3 Å². The molecule has 0 atom stereocenters. The van der Waals surface area contributed by atoms with Crippen LogP contribution in [-0.2, 0) is 10.0 Å². The molecule has 0 saturated heterocycles. The molecule has 0 aliphatic carbocycles. The van der Waals surface area contributed by atoms with Crippen molar-refractivity contribution in [1.82, 2.24) is 0 Å². The zero-order valence-electron chi connectivity index (χ0n) is 14.0. The molecule has 0 saturated carbocycles. The number of benzene rings is 3. The third-order valence-corrected chi connectivity index (χ3v) is 4.96. The lowest BCUT2D eigenvalue weighted by Gasteiger charge is -2.10. The zero-order chi connectivity index (χ0) is 19.4. The van der Waals surface area contributed by atoms with Crippen molar-refractivity contribution in [2.75, 3.05) is 10.6 Å². The summed E-state index contributed by atoms with van der Waals surface area (Å²) in [5.41, 5.74) is 2.36. The lowest BCUT2D eigenvalue weighted by atomic mass is 10.2. The summed E-state index contributed by atoms with van der Waals surface area (Å²) in [5.74, 6) is -0.533. The van der Waals surface area contributed by atoms with Crippen LogP contribution in [0.4, 0.5) is 17.1 Å². The number of para-hydroxylation sites is 1. The molecule has 3 aromatic carbocycles. The van der Waals surface area contributed by atoms with Crippen molar-refractivity contribution in [2.24, 2.45) is 5.14 Å². The van der Waals surface area contributed by atoms with Crippen LogP contribution in [0.15, 0.2) is 77.7 Å². The van der Waals surface area contributed by atoms with Crippen LogP contribution < -0.4 is 15.8 Å². The molecule has 8 heteroatoms. The number of hydrogen-bond donors (Lipinski definition) is 3. The number of sulfonamides is 1. The minimum absolute atomic E-state index is 0.0229. The van der Waals surface area contributed by atoms with Gasteiger partial charge >= 0.3 is 0 Å². The monoisotopic (exact) mass is 401 g/mol. The van der Waals surface area contributed by atoms with E-state index in [1.165, 1.54) is 12.1 Å². The number of rotatable bonds is 5. The van der Waals surface area contributed by atoms with Gasteiger partial charge in [0, 0.05) is 17.1 Å². The maximum atomic E-state index is 12.4. The highest BCUT2D eigenvalue weighted by molar-refractivity contribution is 7.89. The summed E-state index contributed by atoms with van der Waals surface area (Å²) in [7, 11) is -3.93. The Morgan fingerprint density at radius 2 is 1.44 bits per heavy atom. The number of carbonyl (C=O) groups is 1. The molecule has 4 N–H and O–H groups in total. The molecule has 0 heterocycles. The Bertz CT molecular complexity index is 1070. The third kappa shape index (κ3) is 4.85. The summed E-state index contributed by atoms with van der Waals surface area (Å²) < 4.78 is 22.9. The molecule has 1 amide bonds. The Hall–Kier alpha value is -2.87. The van der Waals surface area contributed by atoms with Crippen molar-refractivity contribution in [3.05, 3.63) is 83.4 Å². The fourth-order valence-electron chi connectivity index (χ4n) is 2.38. The number of primary sulfonamides is 1. The predicted octanol–water partition coefficient (Wildman–Crippen LogP) is 3.98. The molecule has 27 heavy (non-hydrogen) atoms. The number of hydrogen-bond acceptors (Lipinski definition) is 4. The molecule has 3 rings (SSSR count). The van der Waals surface area contributed by atoms with Gasteiger partial charge in [-0.15, -0.1) is 0 Å². The van der Waals surface area contributed by atoms with E-state index in [0.29, 0.717) is 5.69 Å². The summed E-state index contributed by atoms with van der Waals surface area (Å²) >= 11 is 6.02. The van der Waals surface area contributed by atoms with Crippen molar-refractivity contribution < 1.29 is 13.2 Å². The van der Waals surface area contributed by atoms with E-state index in [1.807, 2.05) is 42.5 Å². The Labute approximate surface area is 162 Å². The Balaban J connectivity index is 1.75. The lowest BCUT2D eigenvalue weighted by molar-refractivity contribution is 0.102. The van der Waals surface area contributed by atoms with E-state index >= 15 is 0 Å². The van der Waals surface area contributed by atoms with Crippen molar-refractivity contribution in [2.45, 2.75) is 4.90 Å². The third-order valence-electron chi connectivity index (χ3n) is 3.72. The second kappa shape index (κ2) is 7.79. The van der Waals surface area contributed by atoms with E-state index in [-0.39, 0.29) is 15.5 Å². The quantitative estimate of drug-likeness (QED) is 0.601. The van der Waals surface area contributed by atoms with E-state index in [2.05, 4.69) is 10.6 Å². The molecule has 0 unspecified atom stereocenters. The van der Waals surface area contributed by atoms with Crippen molar-refractivity contribution in [3.63, 3.8) is 0 Å². The van der Waals surface area contributed by atoms with Gasteiger partial charge in [0.1, 0.15) is 0 Å². The molecule has 3 aromatic rings. The molecule has 0 spiro atoms. The minimum Gasteiger partial charge on any atom is -0.356 e. The van der Waals surface area contributed by atoms with Gasteiger partial charge < -0.3 is 10.6 Å². The predicted molar refractivity (Wildman–Crippen MR) is 107 cm³/mol. The molecule has 0 aliphatic heterocycles. The zero-order valence-corrected chi connectivity index (χ0v) is 15.6. The molecule has 0 radical (unpaired) electrons. The van der Waals surface area contributed by atoms with Crippen LogP contribution in [0.5, 0.6) is 0 Å². The number of anilines is 3. The number of carbonyl (C=O) groups excluding carboxylic acids is 1. The van der Waals surface area contributed by atoms with E-state index in [1.54, 1.807) is 12.1 Å². The standard InChI is InChI=1S/C19H16ClN3O3S/c20-18-11-10-16(27(21,25)26)12-17(18)19(24)23-15-8-6-14(7-9-15)22-13-4-2-1-3-5-13/h1-12,22H,(H,23,24)(H2,21,25,26). The van der Waals surface area contributed by atoms with Crippen molar-refractivity contribution >= 4 is 44.6 Å². The Kier molecular flexibility index (Phi) is 5.46. The lowest BCUT2D eigenvalue weighted by Crippen LogP contribution is -2.16. The van der Waals surface area contributed by atoms with E-state index in [9.17, 15) is 13.2 Å². The highest BCUT2D eigenvalue weighted by Crippen LogP contribution is 2.23. The van der Waals surface area contributed by atoms with Gasteiger partial charge in [-0.05, 0) is 54.6 Å². The first-order chi connectivity index (χ1) is 12.8. The second-order valence-electron chi connectivity index (χ2n) is 5.71. The largest absolute Gasteiger partial charge is 0.356 e. The summed E-state index contributed by atoms with van der Waals surface area (Å²) in [6.45, 7) is 0. The maximum absolute atomic E-state index is 12.4. The minimum atomic E-state index is -3.93. The van der Waals surface area contributed by atoms with Gasteiger partial charge in [-0.1, -0.05) is 29.8 Å². The second-order valence-corrected chi connectivity index (χ2v) is 7.68. The van der Waals surface area contributed by atoms with Crippen molar-refractivity contribution in [3.8, 4) is 0 Å². The first-order valence-electron chi connectivity index (χ1n) is 7.89. The average Bonchev–Trinajstić information content (AvgIpc) is 2.63. The van der Waals surface area contributed by atoms with Gasteiger partial charge in [0.05, 0.1) is 15.5 Å². The highest BCUT2D eigenvalue weighted by Gasteiger charge is 2.16. The van der Waals surface area contributed by atoms with Gasteiger partial charge in [0.15, 0.2) is 0 Å². The SMILES string of the molecule is NS(=O)(=O)c1ccc(Cl)c(C(=O)Nc2ccc(Nc3ccccc3)cc2)c1. The van der Waals surface area contributed by atoms with E-state index < -0.39 is 15.9 Å². The van der Waals surface area contributed by atoms with E-state index in [4.69, 9.17) is 16.7 Å². The smallest absolute Gasteiger partial charge is 0.257 e. The molecule has 0 aliphatic rings. The Morgan fingerprint density at radius 1 is 0.852 bits per heavy atom. The van der Waals surface area contributed by atoms with Crippen LogP contribution in [0.1, 0.15) is 10.4 Å². The summed E-state index contributed by atoms with van der Waals surface area (Å²) in [6, 6.07) is 20.5. The number of nitrogens with two attached hydrogens (primary N) is 1. The van der Waals surface area contributed by atoms with Crippen LogP contribution in [0.3, 0.4) is 0 Å². The normalized spacial score (nSPS) is 11.0. The molecule has 0 bridgehead atoms. The van der Waals surface area contributed by atoms with Gasteiger partial charge in [-0.25, -0.2) is 13.6 Å². The highest BCUT2D eigenvalue weighted by atomic mass is 35.5. The topological polar surface area (TPSA) is 101 Å². The van der Waals surface area contributed by atoms with Crippen LogP contribution in [0.2, 0.25) is 5.02 Å². The summed E-state index contributed by atoms with van der Waals surface area (Å²) in [6.07, 6.45) is 0. The average molecular weight is 402 g/mol. The summed E-state index contributed by atoms with van der Waals surface area (Å²) in [5, 5.41) is 11.1. The van der Waals surface area contributed by atoms with Gasteiger partial charge in [0.2, 0.25) is 10.0 Å². The van der Waals surface area contributed by atoms with Gasteiger partial charge in [0.25, 0.3) is 5.91 Å². The number of halogens is 1. The molecule has 0 aromatic heterocycles. The first-order valence-corrected chi connectivity index (χ1v) is 9.81. The number of nitrogens with one attached hydrogen (secondary N) is 2. The molecule has 138 valence electrons.